The van der Waals surface area contributed by atoms with Gasteiger partial charge in [0.15, 0.2) is 0 Å². The predicted molar refractivity (Wildman–Crippen MR) is 67.5 cm³/mol. The van der Waals surface area contributed by atoms with Crippen LogP contribution in [0.3, 0.4) is 0 Å². The molecular formula is C15H20O2. The molecule has 0 bridgehead atoms. The highest BCUT2D eigenvalue weighted by atomic mass is 16.5. The van der Waals surface area contributed by atoms with Gasteiger partial charge in [0.2, 0.25) is 0 Å². The summed E-state index contributed by atoms with van der Waals surface area (Å²) < 4.78 is 5.29. The Labute approximate surface area is 103 Å². The van der Waals surface area contributed by atoms with E-state index in [0.717, 1.165) is 12.2 Å². The predicted octanol–water partition coefficient (Wildman–Crippen LogP) is 3.12. The van der Waals surface area contributed by atoms with Crippen molar-refractivity contribution in [3.63, 3.8) is 0 Å². The molecule has 0 heterocycles. The van der Waals surface area contributed by atoms with Crippen molar-refractivity contribution in [3.8, 4) is 5.75 Å². The molecule has 0 radical (unpaired) electrons. The van der Waals surface area contributed by atoms with Gasteiger partial charge in [-0.15, -0.1) is 0 Å². The van der Waals surface area contributed by atoms with Crippen molar-refractivity contribution in [1.82, 2.24) is 0 Å². The first kappa shape index (κ1) is 11.1. The molecule has 0 saturated heterocycles. The number of aromatic hydroxyl groups is 1. The number of phenolic OH excluding ortho intramolecular Hbond substituents is 1. The van der Waals surface area contributed by atoms with E-state index in [1.165, 1.54) is 31.2 Å². The standard InChI is InChI=1S/C15H20O2/c1-14(5-6-14)12-4-3-11(9-13(12)16)15(7-8-15)10-17-2/h3-4,9,16H,5-8,10H2,1-2H3. The zero-order valence-corrected chi connectivity index (χ0v) is 10.6. The van der Waals surface area contributed by atoms with Crippen LogP contribution in [0.2, 0.25) is 0 Å². The van der Waals surface area contributed by atoms with Crippen molar-refractivity contribution in [2.75, 3.05) is 13.7 Å². The minimum Gasteiger partial charge on any atom is -0.508 e. The van der Waals surface area contributed by atoms with Gasteiger partial charge in [0.05, 0.1) is 6.61 Å². The number of benzene rings is 1. The fraction of sp³-hybridized carbons (Fsp3) is 0.600. The first-order chi connectivity index (χ1) is 8.10. The fourth-order valence-electron chi connectivity index (χ4n) is 2.77. The molecule has 1 aromatic carbocycles. The summed E-state index contributed by atoms with van der Waals surface area (Å²) in [6, 6.07) is 6.27. The zero-order chi connectivity index (χ0) is 12.1. The molecule has 0 aromatic heterocycles. The van der Waals surface area contributed by atoms with E-state index in [1.54, 1.807) is 7.11 Å². The summed E-state index contributed by atoms with van der Waals surface area (Å²) in [6.07, 6.45) is 4.75. The van der Waals surface area contributed by atoms with Crippen LogP contribution in [0.25, 0.3) is 0 Å². The van der Waals surface area contributed by atoms with Crippen LogP contribution in [0.5, 0.6) is 5.75 Å². The molecule has 2 fully saturated rings. The van der Waals surface area contributed by atoms with Crippen LogP contribution < -0.4 is 0 Å². The molecule has 0 aliphatic heterocycles. The molecule has 0 spiro atoms. The van der Waals surface area contributed by atoms with Gasteiger partial charge < -0.3 is 9.84 Å². The lowest BCUT2D eigenvalue weighted by Gasteiger charge is -2.18. The molecule has 2 saturated carbocycles. The molecule has 1 aromatic rings. The Kier molecular flexibility index (Phi) is 2.27. The van der Waals surface area contributed by atoms with E-state index in [1.807, 2.05) is 6.07 Å². The Morgan fingerprint density at radius 1 is 1.24 bits per heavy atom. The minimum atomic E-state index is 0.190. The summed E-state index contributed by atoms with van der Waals surface area (Å²) >= 11 is 0. The smallest absolute Gasteiger partial charge is 0.119 e. The van der Waals surface area contributed by atoms with Crippen LogP contribution >= 0.6 is 0 Å². The number of hydrogen-bond donors (Lipinski definition) is 1. The third kappa shape index (κ3) is 1.75. The second-order valence-electron chi connectivity index (χ2n) is 6.01. The van der Waals surface area contributed by atoms with Gasteiger partial charge in [0, 0.05) is 12.5 Å². The minimum absolute atomic E-state index is 0.190. The molecule has 0 amide bonds. The molecule has 17 heavy (non-hydrogen) atoms. The van der Waals surface area contributed by atoms with E-state index in [2.05, 4.69) is 19.1 Å². The highest BCUT2D eigenvalue weighted by Gasteiger charge is 2.46. The van der Waals surface area contributed by atoms with Crippen LogP contribution in [0.15, 0.2) is 18.2 Å². The van der Waals surface area contributed by atoms with Crippen molar-refractivity contribution < 1.29 is 9.84 Å². The summed E-state index contributed by atoms with van der Waals surface area (Å²) in [5, 5.41) is 10.2. The first-order valence-corrected chi connectivity index (χ1v) is 6.43. The Morgan fingerprint density at radius 2 is 1.94 bits per heavy atom. The number of rotatable bonds is 4. The Morgan fingerprint density at radius 3 is 2.41 bits per heavy atom. The lowest BCUT2D eigenvalue weighted by atomic mass is 9.91. The lowest BCUT2D eigenvalue weighted by Crippen LogP contribution is -2.14. The van der Waals surface area contributed by atoms with Crippen molar-refractivity contribution in [3.05, 3.63) is 29.3 Å². The van der Waals surface area contributed by atoms with Gasteiger partial charge in [-0.2, -0.15) is 0 Å². The van der Waals surface area contributed by atoms with Crippen molar-refractivity contribution in [2.24, 2.45) is 0 Å². The molecule has 0 unspecified atom stereocenters. The van der Waals surface area contributed by atoms with Crippen LogP contribution in [-0.2, 0) is 15.6 Å². The highest BCUT2D eigenvalue weighted by Crippen LogP contribution is 2.53. The molecule has 92 valence electrons. The monoisotopic (exact) mass is 232 g/mol. The number of hydrogen-bond acceptors (Lipinski definition) is 2. The van der Waals surface area contributed by atoms with Crippen LogP contribution in [0.1, 0.15) is 43.7 Å². The van der Waals surface area contributed by atoms with Gasteiger partial charge in [-0.05, 0) is 48.3 Å². The van der Waals surface area contributed by atoms with E-state index in [9.17, 15) is 5.11 Å². The fourth-order valence-corrected chi connectivity index (χ4v) is 2.77. The Bertz CT molecular complexity index is 442. The summed E-state index contributed by atoms with van der Waals surface area (Å²) in [4.78, 5) is 0. The van der Waals surface area contributed by atoms with E-state index >= 15 is 0 Å². The second-order valence-corrected chi connectivity index (χ2v) is 6.01. The molecule has 3 rings (SSSR count). The zero-order valence-electron chi connectivity index (χ0n) is 10.6. The van der Waals surface area contributed by atoms with Crippen LogP contribution in [0.4, 0.5) is 0 Å². The number of ether oxygens (including phenoxy) is 1. The van der Waals surface area contributed by atoms with Crippen LogP contribution in [-0.4, -0.2) is 18.8 Å². The van der Waals surface area contributed by atoms with Crippen molar-refractivity contribution in [1.29, 1.82) is 0 Å². The Balaban J connectivity index is 1.91. The third-order valence-corrected chi connectivity index (χ3v) is 4.53. The lowest BCUT2D eigenvalue weighted by molar-refractivity contribution is 0.171. The van der Waals surface area contributed by atoms with Gasteiger partial charge in [-0.1, -0.05) is 19.1 Å². The summed E-state index contributed by atoms with van der Waals surface area (Å²) in [7, 11) is 1.75. The van der Waals surface area contributed by atoms with Crippen molar-refractivity contribution in [2.45, 2.75) is 43.4 Å². The van der Waals surface area contributed by atoms with Gasteiger partial charge in [-0.3, -0.25) is 0 Å². The molecule has 2 aliphatic rings. The average Bonchev–Trinajstić information content (AvgIpc) is 3.18. The number of methoxy groups -OCH3 is 1. The molecule has 1 N–H and O–H groups in total. The maximum atomic E-state index is 10.2. The summed E-state index contributed by atoms with van der Waals surface area (Å²) in [6.45, 7) is 2.99. The SMILES string of the molecule is COCC1(c2ccc(C3(C)CC3)c(O)c2)CC1. The van der Waals surface area contributed by atoms with E-state index < -0.39 is 0 Å². The van der Waals surface area contributed by atoms with Crippen LogP contribution in [0, 0.1) is 0 Å². The Hall–Kier alpha value is -1.02. The maximum absolute atomic E-state index is 10.2. The molecule has 2 heteroatoms. The van der Waals surface area contributed by atoms with Gasteiger partial charge in [0.1, 0.15) is 5.75 Å². The van der Waals surface area contributed by atoms with Gasteiger partial charge in [0.25, 0.3) is 0 Å². The van der Waals surface area contributed by atoms with E-state index in [4.69, 9.17) is 4.74 Å². The largest absolute Gasteiger partial charge is 0.508 e. The topological polar surface area (TPSA) is 29.5 Å². The second kappa shape index (κ2) is 3.49. The van der Waals surface area contributed by atoms with Crippen molar-refractivity contribution >= 4 is 0 Å². The first-order valence-electron chi connectivity index (χ1n) is 6.43. The highest BCUT2D eigenvalue weighted by molar-refractivity contribution is 5.47. The molecular weight excluding hydrogens is 212 g/mol. The quantitative estimate of drug-likeness (QED) is 0.864. The molecule has 0 atom stereocenters. The maximum Gasteiger partial charge on any atom is 0.119 e. The van der Waals surface area contributed by atoms with Gasteiger partial charge in [-0.25, -0.2) is 0 Å². The summed E-state index contributed by atoms with van der Waals surface area (Å²) in [5.74, 6) is 0.477. The van der Waals surface area contributed by atoms with E-state index in [-0.39, 0.29) is 10.8 Å². The average molecular weight is 232 g/mol. The third-order valence-electron chi connectivity index (χ3n) is 4.53. The normalized spacial score (nSPS) is 23.4. The van der Waals surface area contributed by atoms with E-state index in [0.29, 0.717) is 5.75 Å². The number of phenols is 1. The molecule has 2 nitrogen and oxygen atoms in total. The summed E-state index contributed by atoms with van der Waals surface area (Å²) in [5.41, 5.74) is 2.79. The molecule has 2 aliphatic carbocycles. The van der Waals surface area contributed by atoms with Gasteiger partial charge >= 0.3 is 0 Å².